The van der Waals surface area contributed by atoms with Crippen molar-refractivity contribution in [3.8, 4) is 0 Å². The molecule has 21 heavy (non-hydrogen) atoms. The molecule has 0 spiro atoms. The third-order valence-electron chi connectivity index (χ3n) is 3.27. The molecule has 0 bridgehead atoms. The summed E-state index contributed by atoms with van der Waals surface area (Å²) in [6.45, 7) is 2.19. The van der Waals surface area contributed by atoms with Gasteiger partial charge in [0.05, 0.1) is 0 Å². The van der Waals surface area contributed by atoms with Crippen LogP contribution >= 0.6 is 0 Å². The summed E-state index contributed by atoms with van der Waals surface area (Å²) in [5.41, 5.74) is 0.416. The molecule has 0 aliphatic rings. The van der Waals surface area contributed by atoms with E-state index >= 15 is 0 Å². The highest BCUT2D eigenvalue weighted by molar-refractivity contribution is 5.92. The molecule has 1 heterocycles. The van der Waals surface area contributed by atoms with Gasteiger partial charge < -0.3 is 10.4 Å². The second kappa shape index (κ2) is 9.91. The van der Waals surface area contributed by atoms with Crippen LogP contribution in [-0.2, 0) is 4.79 Å². The maximum atomic E-state index is 11.7. The van der Waals surface area contributed by atoms with Crippen molar-refractivity contribution in [2.75, 3.05) is 5.32 Å². The first-order valence-corrected chi connectivity index (χ1v) is 7.62. The normalized spacial score (nSPS) is 10.3. The van der Waals surface area contributed by atoms with Crippen molar-refractivity contribution in [2.45, 2.75) is 58.3 Å². The number of carboxylic acid groups (broad SMARTS) is 1. The summed E-state index contributed by atoms with van der Waals surface area (Å²) < 4.78 is 0. The summed E-state index contributed by atoms with van der Waals surface area (Å²) in [4.78, 5) is 26.2. The number of rotatable bonds is 10. The number of nitrogens with zero attached hydrogens (tertiary/aromatic N) is 1. The number of pyridine rings is 1. The first kappa shape index (κ1) is 17.1. The quantitative estimate of drug-likeness (QED) is 0.642. The van der Waals surface area contributed by atoms with Gasteiger partial charge >= 0.3 is 5.97 Å². The maximum absolute atomic E-state index is 11.7. The number of carbonyl (C=O) groups is 2. The number of anilines is 1. The third kappa shape index (κ3) is 7.44. The summed E-state index contributed by atoms with van der Waals surface area (Å²) in [5, 5.41) is 11.5. The second-order valence-electron chi connectivity index (χ2n) is 5.15. The topological polar surface area (TPSA) is 79.3 Å². The summed E-state index contributed by atoms with van der Waals surface area (Å²) in [6, 6.07) is 2.96. The molecule has 0 aliphatic heterocycles. The highest BCUT2D eigenvalue weighted by atomic mass is 16.4. The number of nitrogens with one attached hydrogen (secondary N) is 1. The van der Waals surface area contributed by atoms with E-state index in [2.05, 4.69) is 17.2 Å². The Bertz CT molecular complexity index is 461. The van der Waals surface area contributed by atoms with Crippen LogP contribution in [0.4, 0.5) is 5.69 Å². The Hall–Kier alpha value is -1.91. The van der Waals surface area contributed by atoms with Crippen LogP contribution < -0.4 is 5.32 Å². The van der Waals surface area contributed by atoms with Gasteiger partial charge in [0, 0.05) is 18.3 Å². The largest absolute Gasteiger partial charge is 0.477 e. The van der Waals surface area contributed by atoms with Crippen LogP contribution in [0.5, 0.6) is 0 Å². The van der Waals surface area contributed by atoms with Crippen LogP contribution in [-0.4, -0.2) is 22.0 Å². The average Bonchev–Trinajstić information content (AvgIpc) is 2.46. The zero-order chi connectivity index (χ0) is 15.5. The molecule has 0 unspecified atom stereocenters. The number of aromatic nitrogens is 1. The maximum Gasteiger partial charge on any atom is 0.354 e. The van der Waals surface area contributed by atoms with Gasteiger partial charge in [0.15, 0.2) is 0 Å². The molecule has 0 saturated carbocycles. The van der Waals surface area contributed by atoms with Crippen LogP contribution in [0.3, 0.4) is 0 Å². The molecular formula is C16H24N2O3. The minimum Gasteiger partial charge on any atom is -0.477 e. The summed E-state index contributed by atoms with van der Waals surface area (Å²) >= 11 is 0. The number of hydrogen-bond donors (Lipinski definition) is 2. The Kier molecular flexibility index (Phi) is 8.09. The van der Waals surface area contributed by atoms with Crippen molar-refractivity contribution in [1.29, 1.82) is 0 Å². The van der Waals surface area contributed by atoms with E-state index in [0.29, 0.717) is 12.1 Å². The first-order valence-electron chi connectivity index (χ1n) is 7.62. The molecule has 0 aliphatic carbocycles. The van der Waals surface area contributed by atoms with Crippen LogP contribution in [0.1, 0.15) is 68.8 Å². The van der Waals surface area contributed by atoms with Gasteiger partial charge in [-0.3, -0.25) is 4.79 Å². The summed E-state index contributed by atoms with van der Waals surface area (Å²) in [5.74, 6) is -1.18. The monoisotopic (exact) mass is 292 g/mol. The lowest BCUT2D eigenvalue weighted by Gasteiger charge is -2.05. The molecule has 0 saturated heterocycles. The van der Waals surface area contributed by atoms with Crippen LogP contribution in [0, 0.1) is 0 Å². The van der Waals surface area contributed by atoms with E-state index in [9.17, 15) is 9.59 Å². The Morgan fingerprint density at radius 2 is 1.81 bits per heavy atom. The molecule has 1 aromatic rings. The van der Waals surface area contributed by atoms with Crippen molar-refractivity contribution in [3.05, 3.63) is 24.0 Å². The molecule has 5 nitrogen and oxygen atoms in total. The summed E-state index contributed by atoms with van der Waals surface area (Å²) in [6.07, 6.45) is 10.0. The minimum absolute atomic E-state index is 0.0660. The fourth-order valence-electron chi connectivity index (χ4n) is 2.09. The number of unbranched alkanes of at least 4 members (excludes halogenated alkanes) is 6. The lowest BCUT2D eigenvalue weighted by molar-refractivity contribution is -0.116. The second-order valence-corrected chi connectivity index (χ2v) is 5.15. The van der Waals surface area contributed by atoms with E-state index in [4.69, 9.17) is 5.11 Å². The van der Waals surface area contributed by atoms with Crippen molar-refractivity contribution in [1.82, 2.24) is 4.98 Å². The number of hydrogen-bond acceptors (Lipinski definition) is 3. The van der Waals surface area contributed by atoms with Crippen LogP contribution in [0.25, 0.3) is 0 Å². The Morgan fingerprint density at radius 1 is 1.14 bits per heavy atom. The third-order valence-corrected chi connectivity index (χ3v) is 3.27. The minimum atomic E-state index is -1.10. The predicted molar refractivity (Wildman–Crippen MR) is 82.4 cm³/mol. The van der Waals surface area contributed by atoms with E-state index < -0.39 is 5.97 Å². The highest BCUT2D eigenvalue weighted by Crippen LogP contribution is 2.11. The van der Waals surface area contributed by atoms with E-state index in [1.54, 1.807) is 6.07 Å². The van der Waals surface area contributed by atoms with E-state index in [0.717, 1.165) is 12.8 Å². The number of carbonyl (C=O) groups excluding carboxylic acids is 1. The molecule has 116 valence electrons. The smallest absolute Gasteiger partial charge is 0.354 e. The van der Waals surface area contributed by atoms with Gasteiger partial charge in [0.2, 0.25) is 5.91 Å². The summed E-state index contributed by atoms with van der Waals surface area (Å²) in [7, 11) is 0. The molecule has 1 amide bonds. The fraction of sp³-hybridized carbons (Fsp3) is 0.562. The van der Waals surface area contributed by atoms with Crippen molar-refractivity contribution < 1.29 is 14.7 Å². The number of aromatic carboxylic acids is 1. The van der Waals surface area contributed by atoms with Crippen molar-refractivity contribution in [3.63, 3.8) is 0 Å². The molecule has 0 atom stereocenters. The van der Waals surface area contributed by atoms with Gasteiger partial charge in [0.1, 0.15) is 5.69 Å². The van der Waals surface area contributed by atoms with E-state index in [1.165, 1.54) is 44.4 Å². The first-order chi connectivity index (χ1) is 10.1. The SMILES string of the molecule is CCCCCCCCCC(=O)Nc1ccnc(C(=O)O)c1. The fourth-order valence-corrected chi connectivity index (χ4v) is 2.09. The highest BCUT2D eigenvalue weighted by Gasteiger charge is 2.07. The standard InChI is InChI=1S/C16H24N2O3/c1-2-3-4-5-6-7-8-9-15(19)18-13-10-11-17-14(12-13)16(20)21/h10-12H,2-9H2,1H3,(H,20,21)(H,17,18,19). The lowest BCUT2D eigenvalue weighted by atomic mass is 10.1. The van der Waals surface area contributed by atoms with Crippen molar-refractivity contribution in [2.24, 2.45) is 0 Å². The van der Waals surface area contributed by atoms with E-state index in [1.807, 2.05) is 0 Å². The van der Waals surface area contributed by atoms with Gasteiger partial charge in [-0.25, -0.2) is 9.78 Å². The Morgan fingerprint density at radius 3 is 2.48 bits per heavy atom. The Labute approximate surface area is 125 Å². The zero-order valence-corrected chi connectivity index (χ0v) is 12.6. The van der Waals surface area contributed by atoms with E-state index in [-0.39, 0.29) is 11.6 Å². The average molecular weight is 292 g/mol. The number of amides is 1. The molecule has 5 heteroatoms. The van der Waals surface area contributed by atoms with Crippen molar-refractivity contribution >= 4 is 17.6 Å². The zero-order valence-electron chi connectivity index (χ0n) is 12.6. The molecule has 0 fully saturated rings. The molecule has 0 radical (unpaired) electrons. The molecular weight excluding hydrogens is 268 g/mol. The van der Waals surface area contributed by atoms with Gasteiger partial charge in [-0.15, -0.1) is 0 Å². The van der Waals surface area contributed by atoms with Gasteiger partial charge in [-0.2, -0.15) is 0 Å². The molecule has 1 aromatic heterocycles. The van der Waals surface area contributed by atoms with Crippen LogP contribution in [0.15, 0.2) is 18.3 Å². The molecule has 0 aromatic carbocycles. The lowest BCUT2D eigenvalue weighted by Crippen LogP contribution is -2.12. The molecule has 1 rings (SSSR count). The van der Waals surface area contributed by atoms with Crippen LogP contribution in [0.2, 0.25) is 0 Å². The van der Waals surface area contributed by atoms with Gasteiger partial charge in [-0.1, -0.05) is 45.4 Å². The van der Waals surface area contributed by atoms with Gasteiger partial charge in [0.25, 0.3) is 0 Å². The molecule has 2 N–H and O–H groups in total. The van der Waals surface area contributed by atoms with Gasteiger partial charge in [-0.05, 0) is 18.6 Å². The Balaban J connectivity index is 2.21. The predicted octanol–water partition coefficient (Wildman–Crippen LogP) is 3.86. The number of carboxylic acids is 1.